The highest BCUT2D eigenvalue weighted by molar-refractivity contribution is 7.27. The standard InChI is InChI=1S/C9H23NOSi2/c1-4-13(5-2,6-3)12(11)9-7-8-10/h4-10H2,1-3H3. The summed E-state index contributed by atoms with van der Waals surface area (Å²) in [7, 11) is -2.66. The first-order valence-electron chi connectivity index (χ1n) is 5.40. The lowest BCUT2D eigenvalue weighted by molar-refractivity contribution is 0.566. The Hall–Kier alpha value is 0.194. The summed E-state index contributed by atoms with van der Waals surface area (Å²) in [5.41, 5.74) is 5.44. The summed E-state index contributed by atoms with van der Waals surface area (Å²) >= 11 is 0. The Morgan fingerprint density at radius 3 is 1.92 bits per heavy atom. The van der Waals surface area contributed by atoms with E-state index in [9.17, 15) is 4.46 Å². The number of hydrogen-bond donors (Lipinski definition) is 1. The van der Waals surface area contributed by atoms with Crippen molar-refractivity contribution in [2.75, 3.05) is 6.54 Å². The van der Waals surface area contributed by atoms with Gasteiger partial charge in [0.25, 0.3) is 8.20 Å². The molecule has 0 aromatic carbocycles. The minimum Gasteiger partial charge on any atom is -0.393 e. The van der Waals surface area contributed by atoms with Gasteiger partial charge in [-0.2, -0.15) is 0 Å². The zero-order valence-electron chi connectivity index (χ0n) is 9.23. The van der Waals surface area contributed by atoms with Gasteiger partial charge in [0.05, 0.1) is 0 Å². The first kappa shape index (κ1) is 13.2. The topological polar surface area (TPSA) is 43.1 Å². The molecule has 0 radical (unpaired) electrons. The molecule has 0 aliphatic rings. The molecule has 0 aliphatic carbocycles. The molecule has 0 aliphatic heterocycles. The van der Waals surface area contributed by atoms with Gasteiger partial charge in [0.15, 0.2) is 0 Å². The summed E-state index contributed by atoms with van der Waals surface area (Å²) < 4.78 is 12.1. The third-order valence-corrected chi connectivity index (χ3v) is 16.8. The van der Waals surface area contributed by atoms with Gasteiger partial charge in [0, 0.05) is 0 Å². The van der Waals surface area contributed by atoms with Gasteiger partial charge in [-0.15, -0.1) is 0 Å². The highest BCUT2D eigenvalue weighted by Gasteiger charge is 2.36. The fraction of sp³-hybridized carbons (Fsp3) is 1.00. The Kier molecular flexibility index (Phi) is 6.72. The van der Waals surface area contributed by atoms with Crippen LogP contribution in [0.2, 0.25) is 24.2 Å². The van der Waals surface area contributed by atoms with E-state index in [-0.39, 0.29) is 0 Å². The molecule has 0 rings (SSSR count). The Labute approximate surface area is 84.4 Å². The van der Waals surface area contributed by atoms with Crippen molar-refractivity contribution in [3.63, 3.8) is 0 Å². The van der Waals surface area contributed by atoms with Gasteiger partial charge in [-0.25, -0.2) is 0 Å². The van der Waals surface area contributed by atoms with Crippen LogP contribution in [0, 0.1) is 0 Å². The molecule has 2 N–H and O–H groups in total. The maximum atomic E-state index is 12.1. The second-order valence-corrected chi connectivity index (χ2v) is 14.5. The summed E-state index contributed by atoms with van der Waals surface area (Å²) in [5, 5.41) is 0. The van der Waals surface area contributed by atoms with Gasteiger partial charge in [-0.05, 0) is 19.0 Å². The van der Waals surface area contributed by atoms with E-state index in [1.54, 1.807) is 0 Å². The molecule has 0 atom stereocenters. The summed E-state index contributed by atoms with van der Waals surface area (Å²) in [5.74, 6) is 0. The molecule has 0 fully saturated rings. The largest absolute Gasteiger partial charge is 0.393 e. The minimum atomic E-state index is -1.37. The maximum Gasteiger partial charge on any atom is 0.256 e. The zero-order valence-corrected chi connectivity index (χ0v) is 11.2. The summed E-state index contributed by atoms with van der Waals surface area (Å²) in [6.45, 7) is 7.33. The average Bonchev–Trinajstić information content (AvgIpc) is 2.18. The summed E-state index contributed by atoms with van der Waals surface area (Å²) in [6.07, 6.45) is 0.951. The van der Waals surface area contributed by atoms with E-state index in [0.717, 1.165) is 12.5 Å². The highest BCUT2D eigenvalue weighted by atomic mass is 29.2. The van der Waals surface area contributed by atoms with Crippen molar-refractivity contribution in [2.24, 2.45) is 5.73 Å². The van der Waals surface area contributed by atoms with Crippen LogP contribution in [-0.4, -0.2) is 22.3 Å². The molecule has 2 nitrogen and oxygen atoms in total. The fourth-order valence-electron chi connectivity index (χ4n) is 1.87. The first-order valence-corrected chi connectivity index (χ1v) is 10.6. The van der Waals surface area contributed by atoms with Crippen LogP contribution in [0.5, 0.6) is 0 Å². The summed E-state index contributed by atoms with van der Waals surface area (Å²) in [4.78, 5) is 0. The van der Waals surface area contributed by atoms with Gasteiger partial charge < -0.3 is 10.2 Å². The molecule has 0 spiro atoms. The zero-order chi connectivity index (χ0) is 10.3. The van der Waals surface area contributed by atoms with Crippen LogP contribution < -0.4 is 5.73 Å². The monoisotopic (exact) mass is 217 g/mol. The molecule has 0 aromatic heterocycles. The third kappa shape index (κ3) is 3.44. The molecule has 0 amide bonds. The SMILES string of the molecule is CC[Si](CC)(CC)[Si](=O)CCCN. The first-order chi connectivity index (χ1) is 6.16. The lowest BCUT2D eigenvalue weighted by Gasteiger charge is -2.24. The fourth-order valence-corrected chi connectivity index (χ4v) is 11.3. The molecular weight excluding hydrogens is 194 g/mol. The third-order valence-electron chi connectivity index (χ3n) is 3.23. The molecule has 0 aromatic rings. The molecular formula is C9H23NOSi2. The number of rotatable bonds is 7. The van der Waals surface area contributed by atoms with E-state index >= 15 is 0 Å². The van der Waals surface area contributed by atoms with Gasteiger partial charge in [-0.3, -0.25) is 0 Å². The second-order valence-electron chi connectivity index (χ2n) is 3.66. The normalized spacial score (nSPS) is 11.7. The Morgan fingerprint density at radius 1 is 1.15 bits per heavy atom. The smallest absolute Gasteiger partial charge is 0.256 e. The van der Waals surface area contributed by atoms with Crippen molar-refractivity contribution in [1.82, 2.24) is 0 Å². The van der Waals surface area contributed by atoms with Crippen molar-refractivity contribution in [3.8, 4) is 0 Å². The van der Waals surface area contributed by atoms with Gasteiger partial charge in [0.2, 0.25) is 0 Å². The van der Waals surface area contributed by atoms with E-state index in [4.69, 9.17) is 5.73 Å². The summed E-state index contributed by atoms with van der Waals surface area (Å²) in [6, 6.07) is 4.45. The Balaban J connectivity index is 4.26. The van der Waals surface area contributed by atoms with Crippen molar-refractivity contribution in [2.45, 2.75) is 51.4 Å². The van der Waals surface area contributed by atoms with E-state index in [2.05, 4.69) is 20.8 Å². The molecule has 13 heavy (non-hydrogen) atoms. The minimum absolute atomic E-state index is 0.692. The molecule has 0 heterocycles. The van der Waals surface area contributed by atoms with E-state index in [0.29, 0.717) is 6.54 Å². The van der Waals surface area contributed by atoms with Crippen LogP contribution in [0.4, 0.5) is 0 Å². The van der Waals surface area contributed by atoms with Crippen LogP contribution >= 0.6 is 0 Å². The van der Waals surface area contributed by atoms with Crippen LogP contribution in [-0.2, 0) is 4.46 Å². The van der Waals surface area contributed by atoms with Crippen LogP contribution in [0.3, 0.4) is 0 Å². The molecule has 78 valence electrons. The maximum absolute atomic E-state index is 12.1. The molecule has 0 saturated heterocycles. The van der Waals surface area contributed by atoms with Crippen LogP contribution in [0.25, 0.3) is 0 Å². The molecule has 0 unspecified atom stereocenters. The number of hydrogen-bond acceptors (Lipinski definition) is 2. The Morgan fingerprint density at radius 2 is 1.62 bits per heavy atom. The van der Waals surface area contributed by atoms with E-state index in [1.165, 1.54) is 18.1 Å². The lowest BCUT2D eigenvalue weighted by Crippen LogP contribution is -2.43. The van der Waals surface area contributed by atoms with Crippen molar-refractivity contribution >= 4 is 15.8 Å². The van der Waals surface area contributed by atoms with Crippen molar-refractivity contribution < 1.29 is 4.46 Å². The quantitative estimate of drug-likeness (QED) is 0.665. The predicted molar refractivity (Wildman–Crippen MR) is 62.1 cm³/mol. The van der Waals surface area contributed by atoms with Gasteiger partial charge in [-0.1, -0.05) is 38.9 Å². The lowest BCUT2D eigenvalue weighted by atomic mass is 10.5. The van der Waals surface area contributed by atoms with Crippen LogP contribution in [0.15, 0.2) is 0 Å². The molecule has 0 saturated carbocycles. The predicted octanol–water partition coefficient (Wildman–Crippen LogP) is 2.34. The highest BCUT2D eigenvalue weighted by Crippen LogP contribution is 2.22. The van der Waals surface area contributed by atoms with Crippen LogP contribution in [0.1, 0.15) is 27.2 Å². The van der Waals surface area contributed by atoms with E-state index < -0.39 is 15.8 Å². The van der Waals surface area contributed by atoms with Crippen molar-refractivity contribution in [3.05, 3.63) is 0 Å². The molecule has 0 bridgehead atoms. The second kappa shape index (κ2) is 6.62. The Bertz CT molecular complexity index is 149. The van der Waals surface area contributed by atoms with Gasteiger partial charge in [0.1, 0.15) is 7.59 Å². The average molecular weight is 217 g/mol. The van der Waals surface area contributed by atoms with Gasteiger partial charge >= 0.3 is 0 Å². The van der Waals surface area contributed by atoms with Crippen molar-refractivity contribution in [1.29, 1.82) is 0 Å². The van der Waals surface area contributed by atoms with E-state index in [1.807, 2.05) is 0 Å². The number of nitrogens with two attached hydrogens (primary N) is 1. The molecule has 4 heteroatoms.